The van der Waals surface area contributed by atoms with Gasteiger partial charge in [0.05, 0.1) is 26.4 Å². The molecule has 1 saturated heterocycles. The number of carbonyl (C=O) groups excluding carboxylic acids is 1. The highest BCUT2D eigenvalue weighted by Gasteiger charge is 2.35. The van der Waals surface area contributed by atoms with E-state index in [2.05, 4.69) is 0 Å². The lowest BCUT2D eigenvalue weighted by molar-refractivity contribution is 0.00985. The van der Waals surface area contributed by atoms with Crippen molar-refractivity contribution in [2.24, 2.45) is 0 Å². The zero-order chi connectivity index (χ0) is 13.8. The normalized spacial score (nSPS) is 23.0. The van der Waals surface area contributed by atoms with Gasteiger partial charge in [-0.15, -0.1) is 0 Å². The lowest BCUT2D eigenvalue weighted by Gasteiger charge is -2.38. The summed E-state index contributed by atoms with van der Waals surface area (Å²) in [6, 6.07) is 7.04. The first-order valence-electron chi connectivity index (χ1n) is 6.34. The fourth-order valence-corrected chi connectivity index (χ4v) is 2.53. The number of ether oxygens (including phenoxy) is 2. The average Bonchev–Trinajstić information content (AvgIpc) is 2.46. The van der Waals surface area contributed by atoms with Crippen LogP contribution in [-0.2, 0) is 4.74 Å². The summed E-state index contributed by atoms with van der Waals surface area (Å²) in [5.74, 6) is 0.708. The Kier molecular flexibility index (Phi) is 4.27. The molecule has 1 N–H and O–H groups in total. The molecule has 0 spiro atoms. The van der Waals surface area contributed by atoms with Crippen LogP contribution in [-0.4, -0.2) is 43.0 Å². The smallest absolute Gasteiger partial charge is 0.410 e. The number of benzene rings is 1. The summed E-state index contributed by atoms with van der Waals surface area (Å²) in [5.41, 5.74) is 0.858. The molecule has 1 heterocycles. The number of rotatable bonds is 2. The Morgan fingerprint density at radius 3 is 2.89 bits per heavy atom. The van der Waals surface area contributed by atoms with Gasteiger partial charge in [-0.2, -0.15) is 0 Å². The number of hydrogen-bond acceptors (Lipinski definition) is 4. The zero-order valence-electron chi connectivity index (χ0n) is 11.2. The van der Waals surface area contributed by atoms with Gasteiger partial charge in [-0.05, 0) is 30.5 Å². The molecule has 1 aliphatic rings. The Hall–Kier alpha value is -1.75. The first-order chi connectivity index (χ1) is 9.17. The standard InChI is InChI=1S/C14H19NO4/c1-18-11-6-3-5-10(9-11)13-12(16)7-4-8-15(13)14(17)19-2/h3,5-6,9,12-13,16H,4,7-8H2,1-2H3/t12-,13-/m0/s1. The molecule has 1 aromatic carbocycles. The van der Waals surface area contributed by atoms with Crippen LogP contribution in [0.4, 0.5) is 4.79 Å². The van der Waals surface area contributed by atoms with Crippen LogP contribution in [0.2, 0.25) is 0 Å². The van der Waals surface area contributed by atoms with Crippen molar-refractivity contribution in [3.63, 3.8) is 0 Å². The minimum Gasteiger partial charge on any atom is -0.497 e. The maximum Gasteiger partial charge on any atom is 0.410 e. The van der Waals surface area contributed by atoms with Gasteiger partial charge in [0.2, 0.25) is 0 Å². The number of carbonyl (C=O) groups is 1. The molecular formula is C14H19NO4. The van der Waals surface area contributed by atoms with Crippen LogP contribution in [0.1, 0.15) is 24.4 Å². The summed E-state index contributed by atoms with van der Waals surface area (Å²) in [6.45, 7) is 0.589. The fraction of sp³-hybridized carbons (Fsp3) is 0.500. The number of hydrogen-bond donors (Lipinski definition) is 1. The number of piperidine rings is 1. The Bertz CT molecular complexity index is 449. The second-order valence-electron chi connectivity index (χ2n) is 4.59. The van der Waals surface area contributed by atoms with E-state index in [1.165, 1.54) is 7.11 Å². The van der Waals surface area contributed by atoms with Gasteiger partial charge < -0.3 is 14.6 Å². The van der Waals surface area contributed by atoms with E-state index in [4.69, 9.17) is 9.47 Å². The van der Waals surface area contributed by atoms with E-state index < -0.39 is 12.2 Å². The van der Waals surface area contributed by atoms with E-state index in [1.54, 1.807) is 12.0 Å². The molecule has 5 nitrogen and oxygen atoms in total. The number of amides is 1. The monoisotopic (exact) mass is 265 g/mol. The SMILES string of the molecule is COC(=O)N1CCC[C@H](O)[C@@H]1c1cccc(OC)c1. The van der Waals surface area contributed by atoms with Crippen LogP contribution in [0.5, 0.6) is 5.75 Å². The van der Waals surface area contributed by atoms with E-state index >= 15 is 0 Å². The summed E-state index contributed by atoms with van der Waals surface area (Å²) in [5, 5.41) is 10.2. The van der Waals surface area contributed by atoms with Gasteiger partial charge in [-0.3, -0.25) is 4.90 Å². The summed E-state index contributed by atoms with van der Waals surface area (Å²) in [7, 11) is 2.94. The van der Waals surface area contributed by atoms with Gasteiger partial charge in [0.25, 0.3) is 0 Å². The van der Waals surface area contributed by atoms with E-state index in [0.29, 0.717) is 18.7 Å². The molecule has 0 aliphatic carbocycles. The molecule has 5 heteroatoms. The number of aliphatic hydroxyl groups excluding tert-OH is 1. The molecule has 104 valence electrons. The van der Waals surface area contributed by atoms with E-state index in [9.17, 15) is 9.90 Å². The Labute approximate surface area is 112 Å². The van der Waals surface area contributed by atoms with Crippen LogP contribution in [0.3, 0.4) is 0 Å². The summed E-state index contributed by atoms with van der Waals surface area (Å²) >= 11 is 0. The van der Waals surface area contributed by atoms with E-state index in [0.717, 1.165) is 12.0 Å². The summed E-state index contributed by atoms with van der Waals surface area (Å²) in [4.78, 5) is 13.4. The first kappa shape index (κ1) is 13.7. The van der Waals surface area contributed by atoms with Gasteiger partial charge in [0, 0.05) is 6.54 Å². The van der Waals surface area contributed by atoms with Crippen molar-refractivity contribution in [3.05, 3.63) is 29.8 Å². The molecule has 1 amide bonds. The van der Waals surface area contributed by atoms with Gasteiger partial charge in [-0.1, -0.05) is 12.1 Å². The van der Waals surface area contributed by atoms with Crippen LogP contribution >= 0.6 is 0 Å². The fourth-order valence-electron chi connectivity index (χ4n) is 2.53. The lowest BCUT2D eigenvalue weighted by atomic mass is 9.93. The highest BCUT2D eigenvalue weighted by atomic mass is 16.5. The first-order valence-corrected chi connectivity index (χ1v) is 6.34. The molecule has 0 saturated carbocycles. The van der Waals surface area contributed by atoms with Crippen molar-refractivity contribution in [3.8, 4) is 5.75 Å². The lowest BCUT2D eigenvalue weighted by Crippen LogP contribution is -2.45. The maximum atomic E-state index is 11.8. The zero-order valence-corrected chi connectivity index (χ0v) is 11.2. The minimum absolute atomic E-state index is 0.378. The van der Waals surface area contributed by atoms with Crippen LogP contribution in [0.15, 0.2) is 24.3 Å². The molecule has 0 bridgehead atoms. The van der Waals surface area contributed by atoms with E-state index in [-0.39, 0.29) is 6.04 Å². The van der Waals surface area contributed by atoms with Gasteiger partial charge in [-0.25, -0.2) is 4.79 Å². The van der Waals surface area contributed by atoms with Crippen LogP contribution in [0, 0.1) is 0 Å². The van der Waals surface area contributed by atoms with Gasteiger partial charge >= 0.3 is 6.09 Å². The number of nitrogens with zero attached hydrogens (tertiary/aromatic N) is 1. The molecule has 2 rings (SSSR count). The maximum absolute atomic E-state index is 11.8. The second-order valence-corrected chi connectivity index (χ2v) is 4.59. The van der Waals surface area contributed by atoms with Crippen LogP contribution in [0.25, 0.3) is 0 Å². The summed E-state index contributed by atoms with van der Waals surface area (Å²) in [6.07, 6.45) is 0.457. The van der Waals surface area contributed by atoms with Crippen molar-refractivity contribution in [2.45, 2.75) is 25.0 Å². The third-order valence-electron chi connectivity index (χ3n) is 3.44. The van der Waals surface area contributed by atoms with Crippen molar-refractivity contribution >= 4 is 6.09 Å². The van der Waals surface area contributed by atoms with Crippen molar-refractivity contribution < 1.29 is 19.4 Å². The van der Waals surface area contributed by atoms with E-state index in [1.807, 2.05) is 24.3 Å². The largest absolute Gasteiger partial charge is 0.497 e. The topological polar surface area (TPSA) is 59.0 Å². The predicted molar refractivity (Wildman–Crippen MR) is 70.1 cm³/mol. The third kappa shape index (κ3) is 2.81. The Balaban J connectivity index is 2.32. The highest BCUT2D eigenvalue weighted by molar-refractivity contribution is 5.68. The molecular weight excluding hydrogens is 246 g/mol. The number of aliphatic hydroxyl groups is 1. The van der Waals surface area contributed by atoms with Gasteiger partial charge in [0.15, 0.2) is 0 Å². The Morgan fingerprint density at radius 1 is 1.42 bits per heavy atom. The molecule has 0 radical (unpaired) electrons. The van der Waals surface area contributed by atoms with Crippen molar-refractivity contribution in [1.29, 1.82) is 0 Å². The molecule has 2 atom stereocenters. The molecule has 0 aromatic heterocycles. The number of likely N-dealkylation sites (tertiary alicyclic amines) is 1. The molecule has 1 aromatic rings. The molecule has 1 aliphatic heterocycles. The summed E-state index contributed by atoms with van der Waals surface area (Å²) < 4.78 is 9.98. The predicted octanol–water partition coefficient (Wildman–Crippen LogP) is 1.96. The molecule has 0 unspecified atom stereocenters. The van der Waals surface area contributed by atoms with Crippen molar-refractivity contribution in [1.82, 2.24) is 4.90 Å². The quantitative estimate of drug-likeness (QED) is 0.888. The van der Waals surface area contributed by atoms with Crippen molar-refractivity contribution in [2.75, 3.05) is 20.8 Å². The van der Waals surface area contributed by atoms with Gasteiger partial charge in [0.1, 0.15) is 5.75 Å². The third-order valence-corrected chi connectivity index (χ3v) is 3.44. The average molecular weight is 265 g/mol. The molecule has 1 fully saturated rings. The Morgan fingerprint density at radius 2 is 2.21 bits per heavy atom. The van der Waals surface area contributed by atoms with Crippen LogP contribution < -0.4 is 4.74 Å². The minimum atomic E-state index is -0.583. The molecule has 19 heavy (non-hydrogen) atoms. The number of methoxy groups -OCH3 is 2. The highest BCUT2D eigenvalue weighted by Crippen LogP contribution is 2.33. The second kappa shape index (κ2) is 5.93.